The first-order valence-corrected chi connectivity index (χ1v) is 5.86. The summed E-state index contributed by atoms with van der Waals surface area (Å²) in [6.45, 7) is 10.2. The Kier molecular flexibility index (Phi) is 3.74. The number of carbonyl (C=O) groups is 1. The molecule has 1 heterocycles. The van der Waals surface area contributed by atoms with Crippen LogP contribution in [-0.2, 0) is 10.2 Å². The predicted octanol–water partition coefficient (Wildman–Crippen LogP) is 3.89. The highest BCUT2D eigenvalue weighted by molar-refractivity contribution is 6.05. The van der Waals surface area contributed by atoms with E-state index in [4.69, 9.17) is 0 Å². The van der Waals surface area contributed by atoms with Crippen LogP contribution in [-0.4, -0.2) is 5.91 Å². The summed E-state index contributed by atoms with van der Waals surface area (Å²) >= 11 is 0. The summed E-state index contributed by atoms with van der Waals surface area (Å²) in [5, 5.41) is 2.88. The van der Waals surface area contributed by atoms with Gasteiger partial charge >= 0.3 is 0 Å². The summed E-state index contributed by atoms with van der Waals surface area (Å²) < 4.78 is 0. The van der Waals surface area contributed by atoms with Crippen LogP contribution in [0.25, 0.3) is 0 Å². The van der Waals surface area contributed by atoms with Crippen molar-refractivity contribution in [3.05, 3.63) is 29.3 Å². The van der Waals surface area contributed by atoms with Crippen molar-refractivity contribution in [1.29, 1.82) is 0 Å². The van der Waals surface area contributed by atoms with E-state index in [2.05, 4.69) is 25.2 Å². The van der Waals surface area contributed by atoms with Crippen molar-refractivity contribution < 1.29 is 6.22 Å². The van der Waals surface area contributed by atoms with E-state index in [0.29, 0.717) is 0 Å². The van der Waals surface area contributed by atoms with Gasteiger partial charge in [0.15, 0.2) is 0 Å². The molecular formula is C14H23NO. The maximum absolute atomic E-state index is 11.6. The third kappa shape index (κ3) is 2.26. The average Bonchev–Trinajstić information content (AvgIpc) is 2.41. The second-order valence-corrected chi connectivity index (χ2v) is 4.84. The molecule has 1 aliphatic heterocycles. The zero-order valence-corrected chi connectivity index (χ0v) is 10.8. The molecule has 0 unspecified atom stereocenters. The SMILES string of the molecule is CCC.Cc1ccc2c(c1)C(C)(C)C(=O)N2.[HH]. The molecule has 0 saturated carbocycles. The van der Waals surface area contributed by atoms with Gasteiger partial charge in [0.25, 0.3) is 0 Å². The Morgan fingerprint density at radius 1 is 1.31 bits per heavy atom. The second kappa shape index (κ2) is 4.69. The minimum atomic E-state index is -0.374. The molecule has 0 aliphatic carbocycles. The lowest BCUT2D eigenvalue weighted by molar-refractivity contribution is -0.119. The van der Waals surface area contributed by atoms with Gasteiger partial charge in [-0.25, -0.2) is 0 Å². The van der Waals surface area contributed by atoms with Crippen molar-refractivity contribution in [2.45, 2.75) is 46.5 Å². The van der Waals surface area contributed by atoms with Crippen LogP contribution in [0.4, 0.5) is 5.69 Å². The third-order valence-corrected chi connectivity index (χ3v) is 2.66. The summed E-state index contributed by atoms with van der Waals surface area (Å²) in [5.74, 6) is 0.0908. The molecule has 2 rings (SSSR count). The van der Waals surface area contributed by atoms with E-state index in [-0.39, 0.29) is 12.7 Å². The second-order valence-electron chi connectivity index (χ2n) is 4.84. The first kappa shape index (κ1) is 12.8. The minimum absolute atomic E-state index is 0. The zero-order chi connectivity index (χ0) is 12.3. The Morgan fingerprint density at radius 2 is 1.88 bits per heavy atom. The molecule has 1 aliphatic rings. The lowest BCUT2D eigenvalue weighted by Gasteiger charge is -2.14. The van der Waals surface area contributed by atoms with Crippen molar-refractivity contribution in [2.24, 2.45) is 0 Å². The first-order chi connectivity index (χ1) is 7.43. The molecule has 90 valence electrons. The standard InChI is InChI=1S/C11H13NO.C3H8.H2/c1-7-4-5-9-8(6-7)11(2,3)10(13)12-9;1-3-2;/h4-6H,1-3H3,(H,12,13);3H2,1-2H3;1H. The topological polar surface area (TPSA) is 29.1 Å². The number of rotatable bonds is 0. The van der Waals surface area contributed by atoms with Gasteiger partial charge in [0.05, 0.1) is 5.41 Å². The molecule has 2 nitrogen and oxygen atoms in total. The average molecular weight is 221 g/mol. The Labute approximate surface area is 99.5 Å². The number of hydrogen-bond donors (Lipinski definition) is 1. The van der Waals surface area contributed by atoms with E-state index >= 15 is 0 Å². The number of carbonyl (C=O) groups excluding carboxylic acids is 1. The highest BCUT2D eigenvalue weighted by Crippen LogP contribution is 2.37. The quantitative estimate of drug-likeness (QED) is 0.707. The van der Waals surface area contributed by atoms with Crippen LogP contribution in [0, 0.1) is 6.92 Å². The Hall–Kier alpha value is -1.31. The van der Waals surface area contributed by atoms with E-state index < -0.39 is 0 Å². The van der Waals surface area contributed by atoms with Gasteiger partial charge in [-0.3, -0.25) is 4.79 Å². The van der Waals surface area contributed by atoms with Gasteiger partial charge in [0.1, 0.15) is 0 Å². The number of nitrogens with one attached hydrogen (secondary N) is 1. The molecule has 1 N–H and O–H groups in total. The molecule has 2 heteroatoms. The normalized spacial score (nSPS) is 15.9. The highest BCUT2D eigenvalue weighted by Gasteiger charge is 2.37. The molecule has 16 heavy (non-hydrogen) atoms. The fraction of sp³-hybridized carbons (Fsp3) is 0.500. The van der Waals surface area contributed by atoms with Crippen LogP contribution in [0.2, 0.25) is 0 Å². The molecule has 1 aromatic rings. The van der Waals surface area contributed by atoms with E-state index in [0.717, 1.165) is 11.3 Å². The van der Waals surface area contributed by atoms with E-state index in [1.807, 2.05) is 32.9 Å². The van der Waals surface area contributed by atoms with E-state index in [1.54, 1.807) is 0 Å². The van der Waals surface area contributed by atoms with E-state index in [1.165, 1.54) is 12.0 Å². The van der Waals surface area contributed by atoms with Gasteiger partial charge in [0.2, 0.25) is 5.91 Å². The molecule has 0 atom stereocenters. The van der Waals surface area contributed by atoms with Crippen LogP contribution < -0.4 is 5.32 Å². The van der Waals surface area contributed by atoms with Gasteiger partial charge < -0.3 is 5.32 Å². The Morgan fingerprint density at radius 3 is 2.44 bits per heavy atom. The fourth-order valence-electron chi connectivity index (χ4n) is 1.69. The largest absolute Gasteiger partial charge is 0.325 e. The Balaban J connectivity index is 0.000000583. The Bertz CT molecular complexity index is 399. The summed E-state index contributed by atoms with van der Waals surface area (Å²) in [7, 11) is 0. The predicted molar refractivity (Wildman–Crippen MR) is 70.9 cm³/mol. The van der Waals surface area contributed by atoms with Crippen LogP contribution in [0.15, 0.2) is 18.2 Å². The number of amides is 1. The lowest BCUT2D eigenvalue weighted by Crippen LogP contribution is -2.26. The summed E-state index contributed by atoms with van der Waals surface area (Å²) in [5.41, 5.74) is 2.89. The minimum Gasteiger partial charge on any atom is -0.325 e. The third-order valence-electron chi connectivity index (χ3n) is 2.66. The smallest absolute Gasteiger partial charge is 0.234 e. The van der Waals surface area contributed by atoms with Crippen molar-refractivity contribution >= 4 is 11.6 Å². The molecule has 0 saturated heterocycles. The van der Waals surface area contributed by atoms with E-state index in [9.17, 15) is 4.79 Å². The number of benzene rings is 1. The molecular weight excluding hydrogens is 198 g/mol. The molecule has 1 aromatic carbocycles. The molecule has 0 radical (unpaired) electrons. The number of anilines is 1. The molecule has 0 aromatic heterocycles. The van der Waals surface area contributed by atoms with Gasteiger partial charge in [0, 0.05) is 7.11 Å². The van der Waals surface area contributed by atoms with Crippen molar-refractivity contribution in [3.63, 3.8) is 0 Å². The summed E-state index contributed by atoms with van der Waals surface area (Å²) in [4.78, 5) is 11.6. The van der Waals surface area contributed by atoms with Crippen LogP contribution >= 0.6 is 0 Å². The maximum Gasteiger partial charge on any atom is 0.234 e. The number of hydrogen-bond acceptors (Lipinski definition) is 1. The maximum atomic E-state index is 11.6. The molecule has 1 amide bonds. The molecule has 0 spiro atoms. The van der Waals surface area contributed by atoms with Gasteiger partial charge in [-0.2, -0.15) is 0 Å². The lowest BCUT2D eigenvalue weighted by atomic mass is 9.85. The van der Waals surface area contributed by atoms with Gasteiger partial charge in [-0.05, 0) is 32.4 Å². The first-order valence-electron chi connectivity index (χ1n) is 5.86. The van der Waals surface area contributed by atoms with Crippen molar-refractivity contribution in [2.75, 3.05) is 5.32 Å². The summed E-state index contributed by atoms with van der Waals surface area (Å²) in [6, 6.07) is 6.06. The van der Waals surface area contributed by atoms with Crippen LogP contribution in [0.3, 0.4) is 0 Å². The number of fused-ring (bicyclic) bond motifs is 1. The fourth-order valence-corrected chi connectivity index (χ4v) is 1.69. The number of aryl methyl sites for hydroxylation is 1. The van der Waals surface area contributed by atoms with Crippen molar-refractivity contribution in [3.8, 4) is 0 Å². The van der Waals surface area contributed by atoms with Gasteiger partial charge in [-0.1, -0.05) is 38.0 Å². The van der Waals surface area contributed by atoms with Crippen LogP contribution in [0.5, 0.6) is 0 Å². The van der Waals surface area contributed by atoms with Crippen molar-refractivity contribution in [1.82, 2.24) is 0 Å². The summed E-state index contributed by atoms with van der Waals surface area (Å²) in [6.07, 6.45) is 1.25. The highest BCUT2D eigenvalue weighted by atomic mass is 16.2. The van der Waals surface area contributed by atoms with Gasteiger partial charge in [-0.15, -0.1) is 0 Å². The monoisotopic (exact) mass is 221 g/mol. The zero-order valence-electron chi connectivity index (χ0n) is 10.8. The molecule has 0 bridgehead atoms. The molecule has 0 fully saturated rings. The van der Waals surface area contributed by atoms with Crippen LogP contribution in [0.1, 0.15) is 46.7 Å².